The number of fused-ring (bicyclic) bond motifs is 1. The Kier molecular flexibility index (Phi) is 22.6. The van der Waals surface area contributed by atoms with E-state index in [0.717, 1.165) is 6.92 Å². The zero-order valence-corrected chi connectivity index (χ0v) is 13.6. The van der Waals surface area contributed by atoms with Crippen molar-refractivity contribution in [1.82, 2.24) is 0 Å². The van der Waals surface area contributed by atoms with Crippen molar-refractivity contribution in [2.24, 2.45) is 5.73 Å². The Morgan fingerprint density at radius 1 is 0.800 bits per heavy atom. The van der Waals surface area contributed by atoms with Crippen LogP contribution in [0.2, 0.25) is 0 Å². The summed E-state index contributed by atoms with van der Waals surface area (Å²) in [5.74, 6) is -0.833. The predicted molar refractivity (Wildman–Crippen MR) is 90.1 cm³/mol. The SMILES string of the molecule is CC.CC.CC(=O)O.CN.c1ccc2ccccc2c1. The highest BCUT2D eigenvalue weighted by Gasteiger charge is 1.85. The molecule has 0 amide bonds. The molecule has 0 aliphatic rings. The highest BCUT2D eigenvalue weighted by atomic mass is 16.4. The van der Waals surface area contributed by atoms with E-state index in [1.807, 2.05) is 27.7 Å². The van der Waals surface area contributed by atoms with Crippen LogP contribution in [0.4, 0.5) is 0 Å². The Balaban J connectivity index is -0.000000247. The monoisotopic (exact) mass is 279 g/mol. The molecule has 2 aromatic carbocycles. The second-order valence-corrected chi connectivity index (χ2v) is 2.87. The normalized spacial score (nSPS) is 7.15. The summed E-state index contributed by atoms with van der Waals surface area (Å²) in [6.07, 6.45) is 0. The molecule has 0 atom stereocenters. The Morgan fingerprint density at radius 2 is 0.950 bits per heavy atom. The number of aliphatic carboxylic acids is 1. The van der Waals surface area contributed by atoms with Crippen LogP contribution in [-0.4, -0.2) is 18.1 Å². The van der Waals surface area contributed by atoms with E-state index in [4.69, 9.17) is 9.90 Å². The molecule has 0 aliphatic carbocycles. The fourth-order valence-electron chi connectivity index (χ4n) is 1.13. The molecule has 3 N–H and O–H groups in total. The molecule has 0 aromatic heterocycles. The van der Waals surface area contributed by atoms with Gasteiger partial charge in [-0.3, -0.25) is 4.79 Å². The first-order valence-corrected chi connectivity index (χ1v) is 6.91. The average Bonchev–Trinajstić information content (AvgIpc) is 2.53. The number of hydrogen-bond donors (Lipinski definition) is 2. The summed E-state index contributed by atoms with van der Waals surface area (Å²) in [6.45, 7) is 9.08. The van der Waals surface area contributed by atoms with E-state index in [1.165, 1.54) is 17.8 Å². The first-order chi connectivity index (χ1) is 9.70. The molecule has 20 heavy (non-hydrogen) atoms. The standard InChI is InChI=1S/C10H8.C2H4O2.2C2H6.CH5N/c1-2-6-10-8-4-3-7-9(10)5-1;1-2(3)4;3*1-2/h1-8H;1H3,(H,3,4);2*1-2H3;2H2,1H3. The number of carboxylic acids is 1. The molecule has 2 rings (SSSR count). The van der Waals surface area contributed by atoms with Gasteiger partial charge in [-0.15, -0.1) is 0 Å². The van der Waals surface area contributed by atoms with Gasteiger partial charge < -0.3 is 10.8 Å². The lowest BCUT2D eigenvalue weighted by molar-refractivity contribution is -0.134. The van der Waals surface area contributed by atoms with E-state index < -0.39 is 5.97 Å². The van der Waals surface area contributed by atoms with Crippen LogP contribution in [0, 0.1) is 0 Å². The second kappa shape index (κ2) is 19.5. The quantitative estimate of drug-likeness (QED) is 0.743. The summed E-state index contributed by atoms with van der Waals surface area (Å²) < 4.78 is 0. The van der Waals surface area contributed by atoms with Crippen molar-refractivity contribution in [2.75, 3.05) is 7.05 Å². The van der Waals surface area contributed by atoms with Crippen molar-refractivity contribution in [3.05, 3.63) is 48.5 Å². The zero-order valence-electron chi connectivity index (χ0n) is 13.6. The third kappa shape index (κ3) is 14.2. The number of benzene rings is 2. The molecular formula is C17H29NO2. The first-order valence-electron chi connectivity index (χ1n) is 6.91. The molecule has 0 radical (unpaired) electrons. The minimum absolute atomic E-state index is 0.833. The summed E-state index contributed by atoms with van der Waals surface area (Å²) in [5, 5.41) is 10.0. The van der Waals surface area contributed by atoms with Gasteiger partial charge in [0.1, 0.15) is 0 Å². The van der Waals surface area contributed by atoms with Gasteiger partial charge in [0.15, 0.2) is 0 Å². The number of rotatable bonds is 0. The lowest BCUT2D eigenvalue weighted by atomic mass is 10.1. The van der Waals surface area contributed by atoms with Crippen LogP contribution in [0.5, 0.6) is 0 Å². The zero-order chi connectivity index (χ0) is 16.4. The van der Waals surface area contributed by atoms with E-state index in [9.17, 15) is 0 Å². The lowest BCUT2D eigenvalue weighted by Gasteiger charge is -1.92. The topological polar surface area (TPSA) is 63.3 Å². The fraction of sp³-hybridized carbons (Fsp3) is 0.353. The van der Waals surface area contributed by atoms with Crippen molar-refractivity contribution < 1.29 is 9.90 Å². The van der Waals surface area contributed by atoms with Crippen LogP contribution in [-0.2, 0) is 4.79 Å². The van der Waals surface area contributed by atoms with Crippen molar-refractivity contribution in [3.8, 4) is 0 Å². The van der Waals surface area contributed by atoms with Gasteiger partial charge in [-0.2, -0.15) is 0 Å². The second-order valence-electron chi connectivity index (χ2n) is 2.87. The smallest absolute Gasteiger partial charge is 0.300 e. The highest BCUT2D eigenvalue weighted by molar-refractivity contribution is 5.81. The summed E-state index contributed by atoms with van der Waals surface area (Å²) in [6, 6.07) is 16.7. The molecule has 0 fully saturated rings. The summed E-state index contributed by atoms with van der Waals surface area (Å²) in [7, 11) is 1.50. The minimum atomic E-state index is -0.833. The lowest BCUT2D eigenvalue weighted by Crippen LogP contribution is -1.78. The molecule has 0 unspecified atom stereocenters. The number of nitrogens with two attached hydrogens (primary N) is 1. The van der Waals surface area contributed by atoms with Crippen LogP contribution in [0.1, 0.15) is 34.6 Å². The molecule has 0 aliphatic heterocycles. The van der Waals surface area contributed by atoms with Gasteiger partial charge in [0.05, 0.1) is 0 Å². The van der Waals surface area contributed by atoms with Gasteiger partial charge in [-0.1, -0.05) is 76.2 Å². The number of carboxylic acid groups (broad SMARTS) is 1. The van der Waals surface area contributed by atoms with Crippen molar-refractivity contribution >= 4 is 16.7 Å². The Bertz CT molecular complexity index is 359. The maximum Gasteiger partial charge on any atom is 0.300 e. The van der Waals surface area contributed by atoms with E-state index in [0.29, 0.717) is 0 Å². The minimum Gasteiger partial charge on any atom is -0.481 e. The third-order valence-corrected chi connectivity index (χ3v) is 1.66. The van der Waals surface area contributed by atoms with Crippen LogP contribution in [0.25, 0.3) is 10.8 Å². The summed E-state index contributed by atoms with van der Waals surface area (Å²) >= 11 is 0. The maximum absolute atomic E-state index is 9.00. The first kappa shape index (κ1) is 23.2. The fourth-order valence-corrected chi connectivity index (χ4v) is 1.13. The van der Waals surface area contributed by atoms with Crippen molar-refractivity contribution in [1.29, 1.82) is 0 Å². The maximum atomic E-state index is 9.00. The van der Waals surface area contributed by atoms with Crippen LogP contribution < -0.4 is 5.73 Å². The van der Waals surface area contributed by atoms with Gasteiger partial charge in [0.25, 0.3) is 5.97 Å². The Hall–Kier alpha value is -1.87. The van der Waals surface area contributed by atoms with E-state index in [1.54, 1.807) is 0 Å². The molecule has 0 heterocycles. The van der Waals surface area contributed by atoms with Crippen molar-refractivity contribution in [3.63, 3.8) is 0 Å². The Morgan fingerprint density at radius 3 is 1.10 bits per heavy atom. The molecular weight excluding hydrogens is 250 g/mol. The number of hydrogen-bond acceptors (Lipinski definition) is 2. The van der Waals surface area contributed by atoms with Crippen molar-refractivity contribution in [2.45, 2.75) is 34.6 Å². The van der Waals surface area contributed by atoms with Gasteiger partial charge in [-0.05, 0) is 17.8 Å². The molecule has 0 saturated carbocycles. The molecule has 3 nitrogen and oxygen atoms in total. The van der Waals surface area contributed by atoms with Crippen LogP contribution >= 0.6 is 0 Å². The largest absolute Gasteiger partial charge is 0.481 e. The van der Waals surface area contributed by atoms with E-state index in [-0.39, 0.29) is 0 Å². The van der Waals surface area contributed by atoms with Gasteiger partial charge in [0.2, 0.25) is 0 Å². The van der Waals surface area contributed by atoms with Gasteiger partial charge in [-0.25, -0.2) is 0 Å². The van der Waals surface area contributed by atoms with Crippen LogP contribution in [0.15, 0.2) is 48.5 Å². The van der Waals surface area contributed by atoms with E-state index in [2.05, 4.69) is 54.3 Å². The molecule has 0 saturated heterocycles. The highest BCUT2D eigenvalue weighted by Crippen LogP contribution is 2.11. The van der Waals surface area contributed by atoms with Gasteiger partial charge in [0, 0.05) is 6.92 Å². The third-order valence-electron chi connectivity index (χ3n) is 1.66. The van der Waals surface area contributed by atoms with Gasteiger partial charge >= 0.3 is 0 Å². The number of carbonyl (C=O) groups is 1. The molecule has 114 valence electrons. The molecule has 2 aromatic rings. The molecule has 0 spiro atoms. The summed E-state index contributed by atoms with van der Waals surface area (Å²) in [4.78, 5) is 9.00. The van der Waals surface area contributed by atoms with Crippen LogP contribution in [0.3, 0.4) is 0 Å². The Labute approximate surface area is 123 Å². The average molecular weight is 279 g/mol. The van der Waals surface area contributed by atoms with E-state index >= 15 is 0 Å². The molecule has 3 heteroatoms. The summed E-state index contributed by atoms with van der Waals surface area (Å²) in [5.41, 5.74) is 4.50. The molecule has 0 bridgehead atoms. The predicted octanol–water partition coefficient (Wildman–Crippen LogP) is 4.56.